The molecule has 1 aromatic carbocycles. The number of carbonyl (C=O) groups excluding carboxylic acids is 1. The van der Waals surface area contributed by atoms with Crippen LogP contribution in [0.2, 0.25) is 0 Å². The SMILES string of the molecule is C=CCN(CCO)C(=O)Nc1ccc(OCC(F)(F)F)c(C)c1. The van der Waals surface area contributed by atoms with Crippen molar-refractivity contribution in [3.8, 4) is 5.75 Å². The van der Waals surface area contributed by atoms with E-state index in [-0.39, 0.29) is 25.4 Å². The average Bonchev–Trinajstić information content (AvgIpc) is 2.45. The van der Waals surface area contributed by atoms with Crippen LogP contribution in [0.1, 0.15) is 5.56 Å². The molecule has 0 heterocycles. The quantitative estimate of drug-likeness (QED) is 0.755. The van der Waals surface area contributed by atoms with Crippen LogP contribution in [-0.2, 0) is 0 Å². The van der Waals surface area contributed by atoms with Crippen molar-refractivity contribution < 1.29 is 27.8 Å². The predicted octanol–water partition coefficient (Wildman–Crippen LogP) is 2.95. The van der Waals surface area contributed by atoms with Gasteiger partial charge in [0.2, 0.25) is 0 Å². The number of hydrogen-bond acceptors (Lipinski definition) is 3. The molecule has 0 fully saturated rings. The molecule has 5 nitrogen and oxygen atoms in total. The number of halogens is 3. The fourth-order valence-corrected chi connectivity index (χ4v) is 1.80. The van der Waals surface area contributed by atoms with Crippen LogP contribution in [0, 0.1) is 6.92 Å². The van der Waals surface area contributed by atoms with Gasteiger partial charge in [-0.2, -0.15) is 13.2 Å². The van der Waals surface area contributed by atoms with Crippen LogP contribution in [0.25, 0.3) is 0 Å². The van der Waals surface area contributed by atoms with Crippen LogP contribution in [0.4, 0.5) is 23.7 Å². The van der Waals surface area contributed by atoms with Crippen LogP contribution in [0.3, 0.4) is 0 Å². The minimum Gasteiger partial charge on any atom is -0.484 e. The van der Waals surface area contributed by atoms with Gasteiger partial charge >= 0.3 is 12.2 Å². The van der Waals surface area contributed by atoms with E-state index < -0.39 is 18.8 Å². The van der Waals surface area contributed by atoms with Crippen LogP contribution in [-0.4, -0.2) is 48.5 Å². The first-order valence-corrected chi connectivity index (χ1v) is 6.84. The normalized spacial score (nSPS) is 11.0. The van der Waals surface area contributed by atoms with Crippen LogP contribution in [0.5, 0.6) is 5.75 Å². The third-order valence-corrected chi connectivity index (χ3v) is 2.82. The zero-order valence-electron chi connectivity index (χ0n) is 12.7. The largest absolute Gasteiger partial charge is 0.484 e. The van der Waals surface area contributed by atoms with Gasteiger partial charge in [0, 0.05) is 18.8 Å². The summed E-state index contributed by atoms with van der Waals surface area (Å²) in [5.74, 6) is 0.0960. The van der Waals surface area contributed by atoms with Crippen molar-refractivity contribution in [1.29, 1.82) is 0 Å². The van der Waals surface area contributed by atoms with Crippen molar-refractivity contribution in [3.63, 3.8) is 0 Å². The first-order valence-electron chi connectivity index (χ1n) is 6.84. The van der Waals surface area contributed by atoms with Gasteiger partial charge in [0.1, 0.15) is 5.75 Å². The molecule has 0 saturated heterocycles. The summed E-state index contributed by atoms with van der Waals surface area (Å²) in [5.41, 5.74) is 0.878. The number of urea groups is 1. The summed E-state index contributed by atoms with van der Waals surface area (Å²) >= 11 is 0. The second kappa shape index (κ2) is 8.42. The molecule has 0 aromatic heterocycles. The van der Waals surface area contributed by atoms with Crippen molar-refractivity contribution in [3.05, 3.63) is 36.4 Å². The molecule has 128 valence electrons. The summed E-state index contributed by atoms with van der Waals surface area (Å²) in [5, 5.41) is 11.5. The number of aryl methyl sites for hydroxylation is 1. The van der Waals surface area contributed by atoms with Crippen molar-refractivity contribution >= 4 is 11.7 Å². The Morgan fingerprint density at radius 1 is 1.48 bits per heavy atom. The molecule has 2 N–H and O–H groups in total. The van der Waals surface area contributed by atoms with Crippen LogP contribution in [0.15, 0.2) is 30.9 Å². The molecule has 0 radical (unpaired) electrons. The lowest BCUT2D eigenvalue weighted by Gasteiger charge is -2.21. The topological polar surface area (TPSA) is 61.8 Å². The monoisotopic (exact) mass is 332 g/mol. The number of benzene rings is 1. The molecule has 8 heteroatoms. The van der Waals surface area contributed by atoms with Gasteiger partial charge in [-0.05, 0) is 30.7 Å². The number of alkyl halides is 3. The molecule has 2 amide bonds. The van der Waals surface area contributed by atoms with E-state index in [9.17, 15) is 18.0 Å². The lowest BCUT2D eigenvalue weighted by Crippen LogP contribution is -2.37. The van der Waals surface area contributed by atoms with Gasteiger partial charge in [-0.3, -0.25) is 0 Å². The molecular weight excluding hydrogens is 313 g/mol. The number of aliphatic hydroxyl groups excluding tert-OH is 1. The third-order valence-electron chi connectivity index (χ3n) is 2.82. The molecule has 0 spiro atoms. The molecular formula is C15H19F3N2O3. The second-order valence-corrected chi connectivity index (χ2v) is 4.77. The molecule has 0 aliphatic rings. The second-order valence-electron chi connectivity index (χ2n) is 4.77. The molecule has 0 bridgehead atoms. The minimum atomic E-state index is -4.41. The van der Waals surface area contributed by atoms with E-state index in [4.69, 9.17) is 9.84 Å². The zero-order valence-corrected chi connectivity index (χ0v) is 12.7. The highest BCUT2D eigenvalue weighted by Gasteiger charge is 2.28. The first kappa shape index (κ1) is 18.8. The Hall–Kier alpha value is -2.22. The highest BCUT2D eigenvalue weighted by atomic mass is 19.4. The smallest absolute Gasteiger partial charge is 0.422 e. The molecule has 1 rings (SSSR count). The molecule has 23 heavy (non-hydrogen) atoms. The molecule has 0 aliphatic carbocycles. The molecule has 1 aromatic rings. The van der Waals surface area contributed by atoms with Crippen LogP contribution < -0.4 is 10.1 Å². The highest BCUT2D eigenvalue weighted by molar-refractivity contribution is 5.89. The van der Waals surface area contributed by atoms with Gasteiger partial charge in [0.15, 0.2) is 6.61 Å². The number of carbonyl (C=O) groups is 1. The van der Waals surface area contributed by atoms with E-state index in [0.29, 0.717) is 11.3 Å². The Kier molecular flexibility index (Phi) is 6.89. The van der Waals surface area contributed by atoms with Gasteiger partial charge in [-0.1, -0.05) is 6.08 Å². The van der Waals surface area contributed by atoms with Crippen molar-refractivity contribution in [1.82, 2.24) is 4.90 Å². The predicted molar refractivity (Wildman–Crippen MR) is 80.6 cm³/mol. The van der Waals surface area contributed by atoms with E-state index in [0.717, 1.165) is 0 Å². The minimum absolute atomic E-state index is 0.0960. The zero-order chi connectivity index (χ0) is 17.5. The number of nitrogens with zero attached hydrogens (tertiary/aromatic N) is 1. The number of hydrogen-bond donors (Lipinski definition) is 2. The van der Waals surface area contributed by atoms with E-state index in [1.807, 2.05) is 0 Å². The van der Waals surface area contributed by atoms with Crippen LogP contribution >= 0.6 is 0 Å². The highest BCUT2D eigenvalue weighted by Crippen LogP contribution is 2.24. The summed E-state index contributed by atoms with van der Waals surface area (Å²) in [6, 6.07) is 3.87. The van der Waals surface area contributed by atoms with Crippen molar-refractivity contribution in [2.75, 3.05) is 31.6 Å². The standard InChI is InChI=1S/C15H19F3N2O3/c1-3-6-20(7-8-21)14(22)19-12-4-5-13(11(2)9-12)23-10-15(16,17)18/h3-5,9,21H,1,6-8,10H2,2H3,(H,19,22). The number of amides is 2. The fourth-order valence-electron chi connectivity index (χ4n) is 1.80. The lowest BCUT2D eigenvalue weighted by molar-refractivity contribution is -0.153. The van der Waals surface area contributed by atoms with E-state index >= 15 is 0 Å². The van der Waals surface area contributed by atoms with Gasteiger partial charge < -0.3 is 20.1 Å². The maximum Gasteiger partial charge on any atom is 0.422 e. The number of ether oxygens (including phenoxy) is 1. The molecule has 0 saturated carbocycles. The summed E-state index contributed by atoms with van der Waals surface area (Å²) in [6.07, 6.45) is -2.89. The Morgan fingerprint density at radius 2 is 2.17 bits per heavy atom. The molecule has 0 aliphatic heterocycles. The Bertz CT molecular complexity index is 547. The number of rotatable bonds is 7. The van der Waals surface area contributed by atoms with Crippen molar-refractivity contribution in [2.45, 2.75) is 13.1 Å². The lowest BCUT2D eigenvalue weighted by atomic mass is 10.2. The molecule has 0 atom stereocenters. The maximum absolute atomic E-state index is 12.1. The average molecular weight is 332 g/mol. The number of anilines is 1. The summed E-state index contributed by atoms with van der Waals surface area (Å²) in [7, 11) is 0. The first-order chi connectivity index (χ1) is 10.8. The summed E-state index contributed by atoms with van der Waals surface area (Å²) < 4.78 is 41.1. The fraction of sp³-hybridized carbons (Fsp3) is 0.400. The maximum atomic E-state index is 12.1. The third kappa shape index (κ3) is 6.60. The van der Waals surface area contributed by atoms with Gasteiger partial charge in [-0.15, -0.1) is 6.58 Å². The van der Waals surface area contributed by atoms with E-state index in [1.165, 1.54) is 29.2 Å². The van der Waals surface area contributed by atoms with Gasteiger partial charge in [0.25, 0.3) is 0 Å². The number of aliphatic hydroxyl groups is 1. The summed E-state index contributed by atoms with van der Waals surface area (Å²) in [4.78, 5) is 13.4. The summed E-state index contributed by atoms with van der Waals surface area (Å²) in [6.45, 7) is 3.95. The number of nitrogens with one attached hydrogen (secondary N) is 1. The Morgan fingerprint density at radius 3 is 2.70 bits per heavy atom. The van der Waals surface area contributed by atoms with Gasteiger partial charge in [0.05, 0.1) is 6.61 Å². The van der Waals surface area contributed by atoms with Gasteiger partial charge in [-0.25, -0.2) is 4.79 Å². The Labute approximate surface area is 132 Å². The van der Waals surface area contributed by atoms with E-state index in [2.05, 4.69) is 11.9 Å². The van der Waals surface area contributed by atoms with Crippen molar-refractivity contribution in [2.24, 2.45) is 0 Å². The Balaban J connectivity index is 2.73. The van der Waals surface area contributed by atoms with E-state index in [1.54, 1.807) is 6.92 Å². The molecule has 0 unspecified atom stereocenters.